The Hall–Kier alpha value is -2.58. The van der Waals surface area contributed by atoms with Crippen molar-refractivity contribution in [1.29, 1.82) is 0 Å². The number of methoxy groups -OCH3 is 1. The number of esters is 1. The fourth-order valence-electron chi connectivity index (χ4n) is 4.62. The number of nitrogens with zero attached hydrogens (tertiary/aromatic N) is 3. The van der Waals surface area contributed by atoms with Gasteiger partial charge in [0.15, 0.2) is 0 Å². The van der Waals surface area contributed by atoms with Crippen LogP contribution in [0, 0.1) is 0 Å². The van der Waals surface area contributed by atoms with Crippen LogP contribution in [0.4, 0.5) is 11.4 Å². The smallest absolute Gasteiger partial charge is 0.337 e. The first-order valence-corrected chi connectivity index (χ1v) is 12.2. The van der Waals surface area contributed by atoms with Gasteiger partial charge in [0, 0.05) is 26.2 Å². The molecule has 0 saturated carbocycles. The highest BCUT2D eigenvalue weighted by Crippen LogP contribution is 2.45. The SMILES string of the molecule is CCN(CC)S(=O)(=O)c1ccc2c(c1)N(Cc1ccc(C(=O)OC)cc1)C1CCCN21. The topological polar surface area (TPSA) is 70.2 Å². The van der Waals surface area contributed by atoms with Crippen molar-refractivity contribution in [3.63, 3.8) is 0 Å². The zero-order chi connectivity index (χ0) is 22.2. The van der Waals surface area contributed by atoms with Crippen molar-refractivity contribution in [2.24, 2.45) is 0 Å². The Kier molecular flexibility index (Phi) is 5.94. The van der Waals surface area contributed by atoms with E-state index in [-0.39, 0.29) is 12.1 Å². The predicted octanol–water partition coefficient (Wildman–Crippen LogP) is 3.45. The molecule has 0 N–H and O–H groups in total. The summed E-state index contributed by atoms with van der Waals surface area (Å²) in [6.45, 7) is 6.22. The Morgan fingerprint density at radius 1 is 1.10 bits per heavy atom. The molecular formula is C23H29N3O4S. The fraction of sp³-hybridized carbons (Fsp3) is 0.435. The number of fused-ring (bicyclic) bond motifs is 3. The number of hydrogen-bond donors (Lipinski definition) is 0. The second kappa shape index (κ2) is 8.51. The van der Waals surface area contributed by atoms with E-state index >= 15 is 0 Å². The Morgan fingerprint density at radius 3 is 2.45 bits per heavy atom. The summed E-state index contributed by atoms with van der Waals surface area (Å²) in [5.74, 6) is -0.355. The maximum Gasteiger partial charge on any atom is 0.337 e. The maximum absolute atomic E-state index is 13.1. The van der Waals surface area contributed by atoms with Gasteiger partial charge in [-0.2, -0.15) is 4.31 Å². The number of benzene rings is 2. The molecule has 4 rings (SSSR count). The predicted molar refractivity (Wildman–Crippen MR) is 121 cm³/mol. The summed E-state index contributed by atoms with van der Waals surface area (Å²) in [6.07, 6.45) is 2.37. The quantitative estimate of drug-likeness (QED) is 0.611. The molecule has 7 nitrogen and oxygen atoms in total. The summed E-state index contributed by atoms with van der Waals surface area (Å²) in [5.41, 5.74) is 3.62. The van der Waals surface area contributed by atoms with E-state index in [1.165, 1.54) is 11.4 Å². The number of carbonyl (C=O) groups excluding carboxylic acids is 1. The van der Waals surface area contributed by atoms with Crippen LogP contribution in [-0.4, -0.2) is 51.6 Å². The van der Waals surface area contributed by atoms with Gasteiger partial charge in [0.2, 0.25) is 10.0 Å². The van der Waals surface area contributed by atoms with Gasteiger partial charge in [-0.05, 0) is 48.7 Å². The van der Waals surface area contributed by atoms with Crippen molar-refractivity contribution in [1.82, 2.24) is 4.31 Å². The van der Waals surface area contributed by atoms with Gasteiger partial charge in [-0.25, -0.2) is 13.2 Å². The molecule has 0 aliphatic carbocycles. The average molecular weight is 444 g/mol. The fourth-order valence-corrected chi connectivity index (χ4v) is 6.09. The number of anilines is 2. The van der Waals surface area contributed by atoms with Gasteiger partial charge in [-0.1, -0.05) is 26.0 Å². The molecule has 166 valence electrons. The van der Waals surface area contributed by atoms with Crippen LogP contribution in [0.1, 0.15) is 42.6 Å². The molecule has 0 aromatic heterocycles. The highest BCUT2D eigenvalue weighted by molar-refractivity contribution is 7.89. The van der Waals surface area contributed by atoms with Crippen LogP contribution in [0.15, 0.2) is 47.4 Å². The monoisotopic (exact) mass is 443 g/mol. The van der Waals surface area contributed by atoms with E-state index in [0.717, 1.165) is 36.3 Å². The summed E-state index contributed by atoms with van der Waals surface area (Å²) in [4.78, 5) is 16.7. The van der Waals surface area contributed by atoms with Crippen molar-refractivity contribution in [3.05, 3.63) is 53.6 Å². The third kappa shape index (κ3) is 3.78. The molecule has 2 heterocycles. The summed E-state index contributed by atoms with van der Waals surface area (Å²) >= 11 is 0. The van der Waals surface area contributed by atoms with Crippen LogP contribution in [0.25, 0.3) is 0 Å². The standard InChI is InChI=1S/C23H29N3O4S/c1-4-24(5-2)31(28,29)19-12-13-20-21(15-19)26(22-7-6-14-25(20)22)16-17-8-10-18(11-9-17)23(27)30-3/h8-13,15,22H,4-7,14,16H2,1-3H3. The molecule has 1 unspecified atom stereocenters. The van der Waals surface area contributed by atoms with E-state index in [1.807, 2.05) is 38.1 Å². The van der Waals surface area contributed by atoms with Gasteiger partial charge in [0.1, 0.15) is 6.17 Å². The van der Waals surface area contributed by atoms with Crippen LogP contribution in [0.5, 0.6) is 0 Å². The van der Waals surface area contributed by atoms with E-state index < -0.39 is 10.0 Å². The van der Waals surface area contributed by atoms with Crippen molar-refractivity contribution >= 4 is 27.4 Å². The molecule has 0 amide bonds. The zero-order valence-corrected chi connectivity index (χ0v) is 19.1. The molecule has 0 radical (unpaired) electrons. The third-order valence-corrected chi connectivity index (χ3v) is 8.26. The number of rotatable bonds is 7. The van der Waals surface area contributed by atoms with E-state index in [9.17, 15) is 13.2 Å². The third-order valence-electron chi connectivity index (χ3n) is 6.22. The highest BCUT2D eigenvalue weighted by atomic mass is 32.2. The van der Waals surface area contributed by atoms with Crippen LogP contribution in [-0.2, 0) is 21.3 Å². The molecule has 2 aromatic rings. The summed E-state index contributed by atoms with van der Waals surface area (Å²) in [5, 5.41) is 0. The summed E-state index contributed by atoms with van der Waals surface area (Å²) < 4.78 is 32.4. The number of carbonyl (C=O) groups is 1. The summed E-state index contributed by atoms with van der Waals surface area (Å²) in [7, 11) is -2.15. The van der Waals surface area contributed by atoms with E-state index in [0.29, 0.717) is 30.1 Å². The van der Waals surface area contributed by atoms with Gasteiger partial charge < -0.3 is 14.5 Å². The minimum atomic E-state index is -3.52. The number of ether oxygens (including phenoxy) is 1. The Labute approximate surface area is 184 Å². The normalized spacial score (nSPS) is 17.7. The van der Waals surface area contributed by atoms with Crippen molar-refractivity contribution < 1.29 is 17.9 Å². The highest BCUT2D eigenvalue weighted by Gasteiger charge is 2.39. The second-order valence-electron chi connectivity index (χ2n) is 7.87. The molecule has 2 aliphatic rings. The molecule has 1 fully saturated rings. The lowest BCUT2D eigenvalue weighted by Gasteiger charge is -2.28. The lowest BCUT2D eigenvalue weighted by atomic mass is 10.1. The van der Waals surface area contributed by atoms with Crippen LogP contribution in [0.3, 0.4) is 0 Å². The minimum Gasteiger partial charge on any atom is -0.465 e. The van der Waals surface area contributed by atoms with Crippen molar-refractivity contribution in [2.45, 2.75) is 44.3 Å². The lowest BCUT2D eigenvalue weighted by Crippen LogP contribution is -2.38. The first-order valence-electron chi connectivity index (χ1n) is 10.8. The molecule has 2 aliphatic heterocycles. The maximum atomic E-state index is 13.1. The van der Waals surface area contributed by atoms with E-state index in [1.54, 1.807) is 18.2 Å². The van der Waals surface area contributed by atoms with Gasteiger partial charge in [-0.15, -0.1) is 0 Å². The Bertz CT molecular complexity index is 1060. The van der Waals surface area contributed by atoms with Crippen molar-refractivity contribution in [2.75, 3.05) is 36.5 Å². The van der Waals surface area contributed by atoms with Gasteiger partial charge in [0.25, 0.3) is 0 Å². The number of hydrogen-bond acceptors (Lipinski definition) is 6. The van der Waals surface area contributed by atoms with Gasteiger partial charge in [0.05, 0.1) is 28.9 Å². The van der Waals surface area contributed by atoms with Crippen LogP contribution >= 0.6 is 0 Å². The molecule has 2 aromatic carbocycles. The number of sulfonamides is 1. The average Bonchev–Trinajstić information content (AvgIpc) is 3.36. The molecular weight excluding hydrogens is 414 g/mol. The van der Waals surface area contributed by atoms with Gasteiger partial charge >= 0.3 is 5.97 Å². The first-order chi connectivity index (χ1) is 14.9. The molecule has 1 atom stereocenters. The Morgan fingerprint density at radius 2 is 1.81 bits per heavy atom. The largest absolute Gasteiger partial charge is 0.465 e. The first kappa shape index (κ1) is 21.6. The minimum absolute atomic E-state index is 0.224. The van der Waals surface area contributed by atoms with Crippen molar-refractivity contribution in [3.8, 4) is 0 Å². The second-order valence-corrected chi connectivity index (χ2v) is 9.81. The molecule has 0 spiro atoms. The van der Waals surface area contributed by atoms with Crippen LogP contribution < -0.4 is 9.80 Å². The van der Waals surface area contributed by atoms with Gasteiger partial charge in [-0.3, -0.25) is 0 Å². The molecule has 8 heteroatoms. The Balaban J connectivity index is 1.68. The molecule has 1 saturated heterocycles. The molecule has 31 heavy (non-hydrogen) atoms. The molecule has 0 bridgehead atoms. The summed E-state index contributed by atoms with van der Waals surface area (Å²) in [6, 6.07) is 12.9. The van der Waals surface area contributed by atoms with Crippen LogP contribution in [0.2, 0.25) is 0 Å². The van der Waals surface area contributed by atoms with E-state index in [2.05, 4.69) is 9.80 Å². The lowest BCUT2D eigenvalue weighted by molar-refractivity contribution is 0.0600. The zero-order valence-electron chi connectivity index (χ0n) is 18.2. The van der Waals surface area contributed by atoms with E-state index in [4.69, 9.17) is 4.74 Å².